The number of carbonyl (C=O) groups excluding carboxylic acids is 2. The molecule has 0 aliphatic heterocycles. The van der Waals surface area contributed by atoms with Gasteiger partial charge in [0.15, 0.2) is 6.10 Å². The Bertz CT molecular complexity index is 755. The number of benzene rings is 1. The molecule has 0 saturated heterocycles. The minimum atomic E-state index is -0.877. The van der Waals surface area contributed by atoms with E-state index >= 15 is 0 Å². The van der Waals surface area contributed by atoms with Crippen molar-refractivity contribution in [3.63, 3.8) is 0 Å². The largest absolute Gasteiger partial charge is 0.449 e. The quantitative estimate of drug-likeness (QED) is 0.738. The molecule has 25 heavy (non-hydrogen) atoms. The summed E-state index contributed by atoms with van der Waals surface area (Å²) in [5.41, 5.74) is 0.294. The number of carbonyl (C=O) groups is 2. The van der Waals surface area contributed by atoms with Crippen molar-refractivity contribution < 1.29 is 14.3 Å². The summed E-state index contributed by atoms with van der Waals surface area (Å²) in [5.74, 6) is -0.916. The van der Waals surface area contributed by atoms with Crippen molar-refractivity contribution in [2.24, 2.45) is 0 Å². The first-order valence-corrected chi connectivity index (χ1v) is 9.08. The Kier molecular flexibility index (Phi) is 7.28. The van der Waals surface area contributed by atoms with Crippen molar-refractivity contribution in [1.82, 2.24) is 10.3 Å². The summed E-state index contributed by atoms with van der Waals surface area (Å²) in [6, 6.07) is 10.6. The van der Waals surface area contributed by atoms with Crippen LogP contribution in [0.4, 0.5) is 0 Å². The average molecular weight is 379 g/mol. The lowest BCUT2D eigenvalue weighted by atomic mass is 10.3. The lowest BCUT2D eigenvalue weighted by molar-refractivity contribution is -0.129. The molecule has 7 heteroatoms. The second-order valence-electron chi connectivity index (χ2n) is 5.23. The monoisotopic (exact) mass is 378 g/mol. The molecule has 0 aliphatic rings. The minimum Gasteiger partial charge on any atom is -0.449 e. The second-order valence-corrected chi connectivity index (χ2v) is 6.67. The fraction of sp³-hybridized carbons (Fsp3) is 0.278. The van der Waals surface area contributed by atoms with Crippen molar-refractivity contribution in [2.75, 3.05) is 6.54 Å². The number of hydrogen-bond donors (Lipinski definition) is 1. The van der Waals surface area contributed by atoms with Gasteiger partial charge in [-0.3, -0.25) is 4.79 Å². The van der Waals surface area contributed by atoms with Gasteiger partial charge in [-0.1, -0.05) is 42.4 Å². The predicted molar refractivity (Wildman–Crippen MR) is 98.0 cm³/mol. The first kappa shape index (κ1) is 19.3. The van der Waals surface area contributed by atoms with Crippen molar-refractivity contribution >= 4 is 35.2 Å². The van der Waals surface area contributed by atoms with E-state index in [2.05, 4.69) is 10.3 Å². The van der Waals surface area contributed by atoms with E-state index in [4.69, 9.17) is 16.3 Å². The zero-order valence-electron chi connectivity index (χ0n) is 14.0. The summed E-state index contributed by atoms with van der Waals surface area (Å²) in [5, 5.41) is 3.74. The summed E-state index contributed by atoms with van der Waals surface area (Å²) in [4.78, 5) is 29.3. The summed E-state index contributed by atoms with van der Waals surface area (Å²) >= 11 is 7.44. The van der Waals surface area contributed by atoms with Crippen LogP contribution in [0.5, 0.6) is 0 Å². The Balaban J connectivity index is 2.13. The topological polar surface area (TPSA) is 68.3 Å². The molecule has 0 saturated carbocycles. The van der Waals surface area contributed by atoms with Crippen LogP contribution >= 0.6 is 23.4 Å². The number of rotatable bonds is 7. The molecule has 1 amide bonds. The third kappa shape index (κ3) is 5.47. The average Bonchev–Trinajstić information content (AvgIpc) is 2.61. The van der Waals surface area contributed by atoms with E-state index in [0.29, 0.717) is 22.2 Å². The zero-order valence-corrected chi connectivity index (χ0v) is 15.6. The number of hydrogen-bond acceptors (Lipinski definition) is 5. The smallest absolute Gasteiger partial charge is 0.341 e. The highest BCUT2D eigenvalue weighted by Crippen LogP contribution is 2.33. The van der Waals surface area contributed by atoms with Gasteiger partial charge in [0.1, 0.15) is 5.03 Å². The van der Waals surface area contributed by atoms with E-state index in [-0.39, 0.29) is 5.91 Å². The molecular weight excluding hydrogens is 360 g/mol. The van der Waals surface area contributed by atoms with Gasteiger partial charge in [0.25, 0.3) is 5.91 Å². The molecule has 0 unspecified atom stereocenters. The normalized spacial score (nSPS) is 11.6. The predicted octanol–water partition coefficient (Wildman–Crippen LogP) is 3.96. The molecule has 2 aromatic rings. The molecule has 1 N–H and O–H groups in total. The highest BCUT2D eigenvalue weighted by Gasteiger charge is 2.21. The summed E-state index contributed by atoms with van der Waals surface area (Å²) in [6.45, 7) is 4.03. The van der Waals surface area contributed by atoms with Crippen LogP contribution in [0.2, 0.25) is 5.02 Å². The van der Waals surface area contributed by atoms with Gasteiger partial charge in [-0.15, -0.1) is 0 Å². The lowest BCUT2D eigenvalue weighted by Gasteiger charge is -2.14. The van der Waals surface area contributed by atoms with Gasteiger partial charge in [-0.25, -0.2) is 9.78 Å². The molecule has 1 aromatic carbocycles. The number of pyridine rings is 1. The van der Waals surface area contributed by atoms with E-state index in [1.165, 1.54) is 11.8 Å². The molecule has 132 valence electrons. The Morgan fingerprint density at radius 1 is 1.28 bits per heavy atom. The Hall–Kier alpha value is -2.05. The fourth-order valence-electron chi connectivity index (χ4n) is 1.93. The standard InChI is InChI=1S/C18H19ClN2O3S/c1-3-10-20-16(22)12(2)24-18(23)13-7-6-11-21-17(13)25-15-9-5-4-8-14(15)19/h4-9,11-12H,3,10H2,1-2H3,(H,20,22)/t12-/m0/s1. The van der Waals surface area contributed by atoms with Crippen LogP contribution in [-0.2, 0) is 9.53 Å². The van der Waals surface area contributed by atoms with Gasteiger partial charge in [-0.05, 0) is 37.6 Å². The van der Waals surface area contributed by atoms with Gasteiger partial charge in [0, 0.05) is 17.6 Å². The molecule has 0 bridgehead atoms. The number of nitrogens with zero attached hydrogens (tertiary/aromatic N) is 1. The van der Waals surface area contributed by atoms with Crippen LogP contribution in [0.3, 0.4) is 0 Å². The molecular formula is C18H19ClN2O3S. The summed E-state index contributed by atoms with van der Waals surface area (Å²) < 4.78 is 5.27. The molecule has 0 spiro atoms. The minimum absolute atomic E-state index is 0.294. The maximum atomic E-state index is 12.4. The maximum Gasteiger partial charge on any atom is 0.341 e. The number of esters is 1. The Morgan fingerprint density at radius 3 is 2.76 bits per heavy atom. The first-order valence-electron chi connectivity index (χ1n) is 7.89. The van der Waals surface area contributed by atoms with Crippen LogP contribution in [0.25, 0.3) is 0 Å². The Labute approximate surface area is 156 Å². The molecule has 0 radical (unpaired) electrons. The number of amides is 1. The molecule has 1 atom stereocenters. The first-order chi connectivity index (χ1) is 12.0. The van der Waals surface area contributed by atoms with Crippen LogP contribution in [-0.4, -0.2) is 29.5 Å². The molecule has 0 fully saturated rings. The molecule has 1 aromatic heterocycles. The van der Waals surface area contributed by atoms with Crippen molar-refractivity contribution in [3.8, 4) is 0 Å². The van der Waals surface area contributed by atoms with Gasteiger partial charge >= 0.3 is 5.97 Å². The van der Waals surface area contributed by atoms with Crippen molar-refractivity contribution in [3.05, 3.63) is 53.2 Å². The van der Waals surface area contributed by atoms with Crippen LogP contribution in [0.15, 0.2) is 52.5 Å². The summed E-state index contributed by atoms with van der Waals surface area (Å²) in [7, 11) is 0. The van der Waals surface area contributed by atoms with Crippen molar-refractivity contribution in [2.45, 2.75) is 36.3 Å². The lowest BCUT2D eigenvalue weighted by Crippen LogP contribution is -2.36. The van der Waals surface area contributed by atoms with E-state index in [1.54, 1.807) is 31.3 Å². The van der Waals surface area contributed by atoms with Gasteiger partial charge in [0.05, 0.1) is 10.6 Å². The maximum absolute atomic E-state index is 12.4. The summed E-state index contributed by atoms with van der Waals surface area (Å²) in [6.07, 6.45) is 1.53. The van der Waals surface area contributed by atoms with Gasteiger partial charge in [-0.2, -0.15) is 0 Å². The van der Waals surface area contributed by atoms with Crippen LogP contribution in [0, 0.1) is 0 Å². The molecule has 1 heterocycles. The van der Waals surface area contributed by atoms with E-state index in [0.717, 1.165) is 11.3 Å². The van der Waals surface area contributed by atoms with Crippen molar-refractivity contribution in [1.29, 1.82) is 0 Å². The van der Waals surface area contributed by atoms with Crippen LogP contribution < -0.4 is 5.32 Å². The fourth-order valence-corrected chi connectivity index (χ4v) is 3.08. The molecule has 5 nitrogen and oxygen atoms in total. The van der Waals surface area contributed by atoms with Gasteiger partial charge < -0.3 is 10.1 Å². The van der Waals surface area contributed by atoms with E-state index < -0.39 is 12.1 Å². The highest BCUT2D eigenvalue weighted by molar-refractivity contribution is 7.99. The highest BCUT2D eigenvalue weighted by atomic mass is 35.5. The third-order valence-corrected chi connectivity index (χ3v) is 4.77. The molecule has 0 aliphatic carbocycles. The molecule has 2 rings (SSSR count). The van der Waals surface area contributed by atoms with E-state index in [9.17, 15) is 9.59 Å². The third-order valence-electron chi connectivity index (χ3n) is 3.24. The number of nitrogens with one attached hydrogen (secondary N) is 1. The van der Waals surface area contributed by atoms with E-state index in [1.807, 2.05) is 25.1 Å². The second kappa shape index (κ2) is 9.44. The van der Waals surface area contributed by atoms with Gasteiger partial charge in [0.2, 0.25) is 0 Å². The van der Waals surface area contributed by atoms with Crippen LogP contribution in [0.1, 0.15) is 30.6 Å². The number of aromatic nitrogens is 1. The SMILES string of the molecule is CCCNC(=O)[C@H](C)OC(=O)c1cccnc1Sc1ccccc1Cl. The number of ether oxygens (including phenoxy) is 1. The zero-order chi connectivity index (χ0) is 18.2. The number of halogens is 1. The Morgan fingerprint density at radius 2 is 2.04 bits per heavy atom.